The van der Waals surface area contributed by atoms with Gasteiger partial charge in [-0.15, -0.1) is 0 Å². The maximum absolute atomic E-state index is 12.5. The van der Waals surface area contributed by atoms with Gasteiger partial charge in [0.25, 0.3) is 0 Å². The molecule has 0 spiro atoms. The van der Waals surface area contributed by atoms with Crippen molar-refractivity contribution >= 4 is 22.7 Å². The maximum Gasteiger partial charge on any atom is 0.416 e. The summed E-state index contributed by atoms with van der Waals surface area (Å²) in [6.45, 7) is 0. The molecule has 3 aromatic rings. The van der Waals surface area contributed by atoms with E-state index >= 15 is 0 Å². The number of hydrogen-bond donors (Lipinski definition) is 0. The number of aromatic nitrogens is 1. The van der Waals surface area contributed by atoms with Crippen LogP contribution in [0.25, 0.3) is 22.6 Å². The second-order valence-corrected chi connectivity index (χ2v) is 4.64. The lowest BCUT2D eigenvalue weighted by Crippen LogP contribution is -2.03. The fourth-order valence-corrected chi connectivity index (χ4v) is 1.99. The summed E-state index contributed by atoms with van der Waals surface area (Å²) in [4.78, 5) is 4.21. The largest absolute Gasteiger partial charge is 0.436 e. The van der Waals surface area contributed by atoms with E-state index in [9.17, 15) is 13.2 Å². The first-order valence-electron chi connectivity index (χ1n) is 5.67. The second-order valence-electron chi connectivity index (χ2n) is 4.21. The number of oxazole rings is 1. The monoisotopic (exact) mass is 297 g/mol. The fraction of sp³-hybridized carbons (Fsp3) is 0.0714. The SMILES string of the molecule is FC(F)(F)c1ccc(-c2nc3ccc(Cl)cc3o2)cc1. The van der Waals surface area contributed by atoms with E-state index in [2.05, 4.69) is 4.98 Å². The van der Waals surface area contributed by atoms with Gasteiger partial charge < -0.3 is 4.42 Å². The van der Waals surface area contributed by atoms with E-state index in [4.69, 9.17) is 16.0 Å². The van der Waals surface area contributed by atoms with Gasteiger partial charge in [0.2, 0.25) is 5.89 Å². The van der Waals surface area contributed by atoms with Crippen LogP contribution in [0.5, 0.6) is 0 Å². The summed E-state index contributed by atoms with van der Waals surface area (Å²) in [5, 5.41) is 0.507. The number of rotatable bonds is 1. The van der Waals surface area contributed by atoms with Gasteiger partial charge >= 0.3 is 6.18 Å². The number of alkyl halides is 3. The zero-order valence-corrected chi connectivity index (χ0v) is 10.7. The van der Waals surface area contributed by atoms with E-state index in [1.807, 2.05) is 0 Å². The molecule has 0 aliphatic rings. The Balaban J connectivity index is 2.02. The molecular weight excluding hydrogens is 291 g/mol. The Bertz CT molecular complexity index is 762. The molecule has 102 valence electrons. The highest BCUT2D eigenvalue weighted by Crippen LogP contribution is 2.31. The van der Waals surface area contributed by atoms with Crippen molar-refractivity contribution in [3.63, 3.8) is 0 Å². The van der Waals surface area contributed by atoms with Crippen molar-refractivity contribution in [2.24, 2.45) is 0 Å². The molecule has 0 atom stereocenters. The van der Waals surface area contributed by atoms with Crippen molar-refractivity contribution in [3.05, 3.63) is 53.1 Å². The molecule has 0 aliphatic heterocycles. The zero-order valence-electron chi connectivity index (χ0n) is 9.91. The van der Waals surface area contributed by atoms with Gasteiger partial charge in [-0.1, -0.05) is 11.6 Å². The molecule has 2 aromatic carbocycles. The molecule has 0 bridgehead atoms. The van der Waals surface area contributed by atoms with Crippen LogP contribution >= 0.6 is 11.6 Å². The Hall–Kier alpha value is -2.01. The average Bonchev–Trinajstić information content (AvgIpc) is 2.80. The van der Waals surface area contributed by atoms with Crippen LogP contribution < -0.4 is 0 Å². The maximum atomic E-state index is 12.5. The minimum Gasteiger partial charge on any atom is -0.436 e. The molecule has 3 rings (SSSR count). The molecule has 0 unspecified atom stereocenters. The molecule has 0 fully saturated rings. The number of benzene rings is 2. The third-order valence-electron chi connectivity index (χ3n) is 2.81. The Labute approximate surface area is 116 Å². The van der Waals surface area contributed by atoms with Gasteiger partial charge in [-0.2, -0.15) is 13.2 Å². The third kappa shape index (κ3) is 2.36. The van der Waals surface area contributed by atoms with Crippen molar-refractivity contribution in [2.75, 3.05) is 0 Å². The van der Waals surface area contributed by atoms with E-state index in [1.165, 1.54) is 12.1 Å². The quantitative estimate of drug-likeness (QED) is 0.619. The van der Waals surface area contributed by atoms with Crippen LogP contribution in [0.1, 0.15) is 5.56 Å². The first-order valence-corrected chi connectivity index (χ1v) is 6.05. The van der Waals surface area contributed by atoms with Gasteiger partial charge in [0, 0.05) is 16.7 Å². The summed E-state index contributed by atoms with van der Waals surface area (Å²) >= 11 is 5.83. The molecular formula is C14H7ClF3NO. The van der Waals surface area contributed by atoms with Gasteiger partial charge in [0.15, 0.2) is 5.58 Å². The summed E-state index contributed by atoms with van der Waals surface area (Å²) < 4.78 is 42.9. The number of halogens is 4. The van der Waals surface area contributed by atoms with Crippen molar-refractivity contribution in [3.8, 4) is 11.5 Å². The van der Waals surface area contributed by atoms with Crippen molar-refractivity contribution in [2.45, 2.75) is 6.18 Å². The van der Waals surface area contributed by atoms with Crippen LogP contribution in [-0.2, 0) is 6.18 Å². The lowest BCUT2D eigenvalue weighted by molar-refractivity contribution is -0.137. The van der Waals surface area contributed by atoms with Crippen LogP contribution in [-0.4, -0.2) is 4.98 Å². The summed E-state index contributed by atoms with van der Waals surface area (Å²) in [7, 11) is 0. The molecule has 0 saturated heterocycles. The molecule has 2 nitrogen and oxygen atoms in total. The van der Waals surface area contributed by atoms with Crippen molar-refractivity contribution in [1.29, 1.82) is 0 Å². The summed E-state index contributed by atoms with van der Waals surface area (Å²) in [6, 6.07) is 9.62. The van der Waals surface area contributed by atoms with Crippen molar-refractivity contribution in [1.82, 2.24) is 4.98 Å². The van der Waals surface area contributed by atoms with Gasteiger partial charge in [-0.05, 0) is 36.4 Å². The zero-order chi connectivity index (χ0) is 14.3. The van der Waals surface area contributed by atoms with Crippen LogP contribution in [0.3, 0.4) is 0 Å². The van der Waals surface area contributed by atoms with Crippen LogP contribution in [0.2, 0.25) is 5.02 Å². The van der Waals surface area contributed by atoms with Crippen LogP contribution in [0.15, 0.2) is 46.9 Å². The fourth-order valence-electron chi connectivity index (χ4n) is 1.82. The van der Waals surface area contributed by atoms with Gasteiger partial charge in [0.05, 0.1) is 5.56 Å². The van der Waals surface area contributed by atoms with Crippen LogP contribution in [0.4, 0.5) is 13.2 Å². The van der Waals surface area contributed by atoms with E-state index in [-0.39, 0.29) is 5.89 Å². The number of fused-ring (bicyclic) bond motifs is 1. The number of nitrogens with zero attached hydrogens (tertiary/aromatic N) is 1. The summed E-state index contributed by atoms with van der Waals surface area (Å²) in [5.41, 5.74) is 0.863. The molecule has 0 amide bonds. The minimum absolute atomic E-state index is 0.260. The van der Waals surface area contributed by atoms with Crippen LogP contribution in [0, 0.1) is 0 Å². The molecule has 0 aliphatic carbocycles. The standard InChI is InChI=1S/C14H7ClF3NO/c15-10-5-6-11-12(7-10)20-13(19-11)8-1-3-9(4-2-8)14(16,17)18/h1-7H. The normalized spacial score (nSPS) is 12.0. The van der Waals surface area contributed by atoms with E-state index in [0.717, 1.165) is 12.1 Å². The smallest absolute Gasteiger partial charge is 0.416 e. The van der Waals surface area contributed by atoms with Crippen molar-refractivity contribution < 1.29 is 17.6 Å². The molecule has 0 N–H and O–H groups in total. The summed E-state index contributed by atoms with van der Waals surface area (Å²) in [6.07, 6.45) is -4.35. The molecule has 6 heteroatoms. The molecule has 0 radical (unpaired) electrons. The van der Waals surface area contributed by atoms with Gasteiger partial charge in [0.1, 0.15) is 5.52 Å². The Morgan fingerprint density at radius 2 is 1.70 bits per heavy atom. The minimum atomic E-state index is -4.35. The predicted molar refractivity (Wildman–Crippen MR) is 69.5 cm³/mol. The molecule has 20 heavy (non-hydrogen) atoms. The highest BCUT2D eigenvalue weighted by molar-refractivity contribution is 6.31. The average molecular weight is 298 g/mol. The lowest BCUT2D eigenvalue weighted by Gasteiger charge is -2.05. The van der Waals surface area contributed by atoms with Gasteiger partial charge in [-0.25, -0.2) is 4.98 Å². The lowest BCUT2D eigenvalue weighted by atomic mass is 10.1. The second kappa shape index (κ2) is 4.52. The number of hydrogen-bond acceptors (Lipinski definition) is 2. The Morgan fingerprint density at radius 3 is 2.35 bits per heavy atom. The predicted octanol–water partition coefficient (Wildman–Crippen LogP) is 5.17. The van der Waals surface area contributed by atoms with E-state index in [1.54, 1.807) is 18.2 Å². The van der Waals surface area contributed by atoms with E-state index in [0.29, 0.717) is 21.7 Å². The Morgan fingerprint density at radius 1 is 1.00 bits per heavy atom. The van der Waals surface area contributed by atoms with E-state index < -0.39 is 11.7 Å². The third-order valence-corrected chi connectivity index (χ3v) is 3.04. The van der Waals surface area contributed by atoms with Gasteiger partial charge in [-0.3, -0.25) is 0 Å². The highest BCUT2D eigenvalue weighted by atomic mass is 35.5. The first kappa shape index (κ1) is 13.0. The first-order chi connectivity index (χ1) is 9.43. The molecule has 1 aromatic heterocycles. The highest BCUT2D eigenvalue weighted by Gasteiger charge is 2.30. The Kier molecular flexibility index (Phi) is 2.94. The summed E-state index contributed by atoms with van der Waals surface area (Å²) in [5.74, 6) is 0.260. The molecule has 0 saturated carbocycles. The molecule has 1 heterocycles. The topological polar surface area (TPSA) is 26.0 Å².